The second kappa shape index (κ2) is 6.43. The molecule has 2 unspecified atom stereocenters. The number of benzene rings is 1. The van der Waals surface area contributed by atoms with Crippen LogP contribution >= 0.6 is 0 Å². The zero-order chi connectivity index (χ0) is 13.7. The maximum atomic E-state index is 9.24. The molecule has 0 saturated heterocycles. The Morgan fingerprint density at radius 1 is 1.16 bits per heavy atom. The van der Waals surface area contributed by atoms with Gasteiger partial charge in [-0.2, -0.15) is 0 Å². The summed E-state index contributed by atoms with van der Waals surface area (Å²) in [5.41, 5.74) is 2.43. The number of aryl methyl sites for hydroxylation is 1. The van der Waals surface area contributed by atoms with Crippen molar-refractivity contribution in [2.24, 2.45) is 0 Å². The van der Waals surface area contributed by atoms with E-state index in [1.807, 2.05) is 18.2 Å². The smallest absolute Gasteiger partial charge is 0.115 e. The lowest BCUT2D eigenvalue weighted by molar-refractivity contribution is 0.451. The molecule has 0 aliphatic heterocycles. The van der Waals surface area contributed by atoms with Crippen LogP contribution in [-0.2, 0) is 6.42 Å². The Labute approximate surface area is 114 Å². The van der Waals surface area contributed by atoms with Crippen molar-refractivity contribution < 1.29 is 9.52 Å². The summed E-state index contributed by atoms with van der Waals surface area (Å²) in [5, 5.41) is 12.8. The molecule has 0 aliphatic rings. The summed E-state index contributed by atoms with van der Waals surface area (Å²) in [6.45, 7) is 4.33. The summed E-state index contributed by atoms with van der Waals surface area (Å²) < 4.78 is 5.09. The second-order valence-corrected chi connectivity index (χ2v) is 5.05. The van der Waals surface area contributed by atoms with Gasteiger partial charge in [0.15, 0.2) is 0 Å². The Kier molecular flexibility index (Phi) is 4.63. The molecule has 0 fully saturated rings. The van der Waals surface area contributed by atoms with Gasteiger partial charge in [0.1, 0.15) is 5.75 Å². The summed E-state index contributed by atoms with van der Waals surface area (Å²) >= 11 is 0. The van der Waals surface area contributed by atoms with Crippen LogP contribution in [0.3, 0.4) is 0 Å². The molecule has 1 heterocycles. The van der Waals surface area contributed by atoms with Crippen molar-refractivity contribution in [2.75, 3.05) is 0 Å². The van der Waals surface area contributed by atoms with Gasteiger partial charge in [0.25, 0.3) is 0 Å². The van der Waals surface area contributed by atoms with Crippen LogP contribution < -0.4 is 5.32 Å². The first-order chi connectivity index (χ1) is 9.15. The summed E-state index contributed by atoms with van der Waals surface area (Å²) in [6, 6.07) is 10.1. The van der Waals surface area contributed by atoms with E-state index >= 15 is 0 Å². The van der Waals surface area contributed by atoms with Gasteiger partial charge in [0.2, 0.25) is 0 Å². The van der Waals surface area contributed by atoms with Crippen molar-refractivity contribution in [1.82, 2.24) is 5.32 Å². The van der Waals surface area contributed by atoms with Gasteiger partial charge in [0, 0.05) is 17.6 Å². The van der Waals surface area contributed by atoms with Crippen LogP contribution in [0.1, 0.15) is 37.4 Å². The first-order valence-corrected chi connectivity index (χ1v) is 6.71. The fourth-order valence-corrected chi connectivity index (χ4v) is 2.17. The topological polar surface area (TPSA) is 45.4 Å². The van der Waals surface area contributed by atoms with Gasteiger partial charge < -0.3 is 14.8 Å². The van der Waals surface area contributed by atoms with Gasteiger partial charge in [-0.05, 0) is 50.5 Å². The standard InChI is InChI=1S/C16H21NO2/c1-12(17-13(2)15-9-10-19-11-15)3-4-14-5-7-16(18)8-6-14/h5-13,17-18H,3-4H2,1-2H3. The number of phenolic OH excluding ortho intramolecular Hbond substituents is 1. The van der Waals surface area contributed by atoms with Gasteiger partial charge in [-0.25, -0.2) is 0 Å². The lowest BCUT2D eigenvalue weighted by Crippen LogP contribution is -2.29. The molecule has 102 valence electrons. The highest BCUT2D eigenvalue weighted by molar-refractivity contribution is 5.25. The average molecular weight is 259 g/mol. The highest BCUT2D eigenvalue weighted by Gasteiger charge is 2.10. The van der Waals surface area contributed by atoms with Gasteiger partial charge in [0.05, 0.1) is 12.5 Å². The molecule has 2 rings (SSSR count). The third-order valence-electron chi connectivity index (χ3n) is 3.38. The van der Waals surface area contributed by atoms with E-state index in [0.29, 0.717) is 17.8 Å². The number of hydrogen-bond donors (Lipinski definition) is 2. The number of aromatic hydroxyl groups is 1. The van der Waals surface area contributed by atoms with Crippen molar-refractivity contribution in [3.8, 4) is 5.75 Å². The van der Waals surface area contributed by atoms with Crippen molar-refractivity contribution >= 4 is 0 Å². The van der Waals surface area contributed by atoms with Crippen LogP contribution in [0, 0.1) is 0 Å². The monoisotopic (exact) mass is 259 g/mol. The molecule has 2 N–H and O–H groups in total. The quantitative estimate of drug-likeness (QED) is 0.832. The molecule has 0 radical (unpaired) electrons. The second-order valence-electron chi connectivity index (χ2n) is 5.05. The van der Waals surface area contributed by atoms with E-state index < -0.39 is 0 Å². The predicted molar refractivity (Wildman–Crippen MR) is 76.1 cm³/mol. The molecule has 2 atom stereocenters. The zero-order valence-electron chi connectivity index (χ0n) is 11.5. The van der Waals surface area contributed by atoms with Gasteiger partial charge in [-0.1, -0.05) is 12.1 Å². The molecule has 2 aromatic rings. The first-order valence-electron chi connectivity index (χ1n) is 6.71. The minimum Gasteiger partial charge on any atom is -0.508 e. The molecule has 1 aromatic heterocycles. The van der Waals surface area contributed by atoms with E-state index in [1.54, 1.807) is 24.7 Å². The van der Waals surface area contributed by atoms with Crippen LogP contribution in [0.15, 0.2) is 47.3 Å². The van der Waals surface area contributed by atoms with Gasteiger partial charge in [-0.3, -0.25) is 0 Å². The van der Waals surface area contributed by atoms with E-state index in [2.05, 4.69) is 19.2 Å². The third-order valence-corrected chi connectivity index (χ3v) is 3.38. The Morgan fingerprint density at radius 3 is 2.53 bits per heavy atom. The summed E-state index contributed by atoms with van der Waals surface area (Å²) in [4.78, 5) is 0. The van der Waals surface area contributed by atoms with E-state index in [4.69, 9.17) is 4.42 Å². The lowest BCUT2D eigenvalue weighted by atomic mass is 10.0. The largest absolute Gasteiger partial charge is 0.508 e. The summed E-state index contributed by atoms with van der Waals surface area (Å²) in [6.07, 6.45) is 5.55. The third kappa shape index (κ3) is 4.14. The number of rotatable bonds is 6. The van der Waals surface area contributed by atoms with Crippen molar-refractivity contribution in [3.63, 3.8) is 0 Å². The minimum absolute atomic E-state index is 0.300. The summed E-state index contributed by atoms with van der Waals surface area (Å²) in [5.74, 6) is 0.323. The molecule has 1 aromatic carbocycles. The molecular formula is C16H21NO2. The SMILES string of the molecule is CC(CCc1ccc(O)cc1)NC(C)c1ccoc1. The fourth-order valence-electron chi connectivity index (χ4n) is 2.17. The molecule has 0 amide bonds. The molecule has 3 nitrogen and oxygen atoms in total. The Hall–Kier alpha value is -1.74. The lowest BCUT2D eigenvalue weighted by Gasteiger charge is -2.19. The van der Waals surface area contributed by atoms with E-state index in [9.17, 15) is 5.11 Å². The normalized spacial score (nSPS) is 14.2. The van der Waals surface area contributed by atoms with Crippen LogP contribution in [0.4, 0.5) is 0 Å². The van der Waals surface area contributed by atoms with E-state index in [0.717, 1.165) is 12.8 Å². The van der Waals surface area contributed by atoms with Crippen molar-refractivity contribution in [3.05, 3.63) is 54.0 Å². The molecule has 0 bridgehead atoms. The van der Waals surface area contributed by atoms with E-state index in [-0.39, 0.29) is 0 Å². The highest BCUT2D eigenvalue weighted by Crippen LogP contribution is 2.15. The Morgan fingerprint density at radius 2 is 1.89 bits per heavy atom. The van der Waals surface area contributed by atoms with Crippen LogP contribution in [0.25, 0.3) is 0 Å². The minimum atomic E-state index is 0.300. The fraction of sp³-hybridized carbons (Fsp3) is 0.375. The van der Waals surface area contributed by atoms with Gasteiger partial charge in [-0.15, -0.1) is 0 Å². The number of nitrogens with one attached hydrogen (secondary N) is 1. The highest BCUT2D eigenvalue weighted by atomic mass is 16.3. The van der Waals surface area contributed by atoms with Gasteiger partial charge >= 0.3 is 0 Å². The number of hydrogen-bond acceptors (Lipinski definition) is 3. The van der Waals surface area contributed by atoms with Crippen LogP contribution in [-0.4, -0.2) is 11.1 Å². The first kappa shape index (κ1) is 13.7. The van der Waals surface area contributed by atoms with E-state index in [1.165, 1.54) is 11.1 Å². The zero-order valence-corrected chi connectivity index (χ0v) is 11.5. The molecule has 0 aliphatic carbocycles. The number of furan rings is 1. The maximum Gasteiger partial charge on any atom is 0.115 e. The molecule has 0 spiro atoms. The number of phenols is 1. The summed E-state index contributed by atoms with van der Waals surface area (Å²) in [7, 11) is 0. The predicted octanol–water partition coefficient (Wildman–Crippen LogP) is 3.66. The molecule has 3 heteroatoms. The molecule has 19 heavy (non-hydrogen) atoms. The van der Waals surface area contributed by atoms with Crippen LogP contribution in [0.2, 0.25) is 0 Å². The maximum absolute atomic E-state index is 9.24. The molecule has 0 saturated carbocycles. The average Bonchev–Trinajstić information content (AvgIpc) is 2.92. The Balaban J connectivity index is 1.78. The Bertz CT molecular complexity index is 476. The van der Waals surface area contributed by atoms with Crippen molar-refractivity contribution in [1.29, 1.82) is 0 Å². The molecular weight excluding hydrogens is 238 g/mol. The van der Waals surface area contributed by atoms with Crippen molar-refractivity contribution in [2.45, 2.75) is 38.8 Å². The van der Waals surface area contributed by atoms with Crippen LogP contribution in [0.5, 0.6) is 5.75 Å².